The van der Waals surface area contributed by atoms with Gasteiger partial charge in [-0.25, -0.2) is 5.48 Å². The van der Waals surface area contributed by atoms with Crippen LogP contribution in [0.3, 0.4) is 0 Å². The molecule has 0 saturated carbocycles. The Morgan fingerprint density at radius 3 is 1.81 bits per heavy atom. The molecule has 1 unspecified atom stereocenters. The van der Waals surface area contributed by atoms with E-state index < -0.39 is 17.9 Å². The Labute approximate surface area is 208 Å². The van der Waals surface area contributed by atoms with E-state index >= 15 is 0 Å². The maximum atomic E-state index is 13.2. The second-order valence-electron chi connectivity index (χ2n) is 8.17. The van der Waals surface area contributed by atoms with E-state index in [4.69, 9.17) is 5.21 Å². The molecule has 36 heavy (non-hydrogen) atoms. The van der Waals surface area contributed by atoms with Crippen molar-refractivity contribution in [2.45, 2.75) is 12.5 Å². The van der Waals surface area contributed by atoms with Crippen LogP contribution in [0, 0.1) is 0 Å². The Balaban J connectivity index is 1.52. The molecule has 4 aromatic rings. The minimum Gasteiger partial charge on any atom is -0.340 e. The topological polar surface area (TPSA) is 108 Å². The summed E-state index contributed by atoms with van der Waals surface area (Å²) in [5.74, 6) is -1.41. The number of nitrogens with one attached hydrogen (secondary N) is 3. The van der Waals surface area contributed by atoms with Crippen LogP contribution in [0.4, 0.5) is 5.69 Å². The summed E-state index contributed by atoms with van der Waals surface area (Å²) in [6, 6.07) is 31.7. The van der Waals surface area contributed by atoms with Crippen LogP contribution in [0.1, 0.15) is 26.3 Å². The quantitative estimate of drug-likeness (QED) is 0.221. The fourth-order valence-corrected chi connectivity index (χ4v) is 3.74. The number of hydrogen-bond acceptors (Lipinski definition) is 4. The number of benzene rings is 4. The summed E-state index contributed by atoms with van der Waals surface area (Å²) >= 11 is 0. The molecule has 0 spiro atoms. The molecule has 1 atom stereocenters. The van der Waals surface area contributed by atoms with Crippen LogP contribution in [0.2, 0.25) is 0 Å². The fraction of sp³-hybridized carbons (Fsp3) is 0.0690. The van der Waals surface area contributed by atoms with Gasteiger partial charge in [-0.05, 0) is 53.1 Å². The highest BCUT2D eigenvalue weighted by Gasteiger charge is 2.22. The zero-order valence-electron chi connectivity index (χ0n) is 19.3. The van der Waals surface area contributed by atoms with Crippen molar-refractivity contribution in [3.63, 3.8) is 0 Å². The second-order valence-corrected chi connectivity index (χ2v) is 8.17. The molecule has 4 N–H and O–H groups in total. The molecule has 0 bridgehead atoms. The standard InChI is InChI=1S/C29H25N3O4/c33-27(23-9-5-2-6-10-23)31-26(29(35)30-25-17-15-24(16-18-25)28(34)32-36)19-20-11-13-22(14-12-20)21-7-3-1-4-8-21/h1-18,26,36H,19H2,(H,30,35)(H,31,33)(H,32,34). The molecule has 7 heteroatoms. The summed E-state index contributed by atoms with van der Waals surface area (Å²) in [6.45, 7) is 0. The Morgan fingerprint density at radius 2 is 1.19 bits per heavy atom. The number of anilines is 1. The van der Waals surface area contributed by atoms with Crippen molar-refractivity contribution in [1.82, 2.24) is 10.8 Å². The number of hydrogen-bond donors (Lipinski definition) is 4. The van der Waals surface area contributed by atoms with Crippen LogP contribution >= 0.6 is 0 Å². The van der Waals surface area contributed by atoms with E-state index in [0.717, 1.165) is 16.7 Å². The highest BCUT2D eigenvalue weighted by Crippen LogP contribution is 2.20. The van der Waals surface area contributed by atoms with Gasteiger partial charge in [-0.3, -0.25) is 19.6 Å². The van der Waals surface area contributed by atoms with Crippen LogP contribution in [-0.2, 0) is 11.2 Å². The first-order valence-corrected chi connectivity index (χ1v) is 11.4. The van der Waals surface area contributed by atoms with Gasteiger partial charge in [0.1, 0.15) is 6.04 Å². The average Bonchev–Trinajstić information content (AvgIpc) is 2.94. The number of carbonyl (C=O) groups excluding carboxylic acids is 3. The predicted molar refractivity (Wildman–Crippen MR) is 138 cm³/mol. The smallest absolute Gasteiger partial charge is 0.274 e. The highest BCUT2D eigenvalue weighted by atomic mass is 16.5. The Kier molecular flexibility index (Phi) is 7.85. The van der Waals surface area contributed by atoms with Gasteiger partial charge in [0.2, 0.25) is 5.91 Å². The first-order valence-electron chi connectivity index (χ1n) is 11.4. The second kappa shape index (κ2) is 11.6. The monoisotopic (exact) mass is 479 g/mol. The van der Waals surface area contributed by atoms with Crippen LogP contribution in [0.15, 0.2) is 109 Å². The summed E-state index contributed by atoms with van der Waals surface area (Å²) in [5.41, 5.74) is 5.74. The van der Waals surface area contributed by atoms with Gasteiger partial charge in [-0.1, -0.05) is 72.8 Å². The van der Waals surface area contributed by atoms with Gasteiger partial charge < -0.3 is 10.6 Å². The number of amides is 3. The van der Waals surface area contributed by atoms with E-state index in [1.807, 2.05) is 60.7 Å². The Bertz CT molecular complexity index is 1320. The molecule has 0 radical (unpaired) electrons. The summed E-state index contributed by atoms with van der Waals surface area (Å²) in [5, 5.41) is 14.4. The molecule has 0 aliphatic heterocycles. The number of carbonyl (C=O) groups is 3. The van der Waals surface area contributed by atoms with Crippen molar-refractivity contribution in [2.75, 3.05) is 5.32 Å². The number of rotatable bonds is 8. The maximum Gasteiger partial charge on any atom is 0.274 e. The van der Waals surface area contributed by atoms with Crippen LogP contribution in [0.5, 0.6) is 0 Å². The van der Waals surface area contributed by atoms with Gasteiger partial charge in [0.15, 0.2) is 0 Å². The summed E-state index contributed by atoms with van der Waals surface area (Å²) in [7, 11) is 0. The zero-order valence-corrected chi connectivity index (χ0v) is 19.3. The fourth-order valence-electron chi connectivity index (χ4n) is 3.74. The van der Waals surface area contributed by atoms with Gasteiger partial charge in [-0.15, -0.1) is 0 Å². The Morgan fingerprint density at radius 1 is 0.639 bits per heavy atom. The lowest BCUT2D eigenvalue weighted by Crippen LogP contribution is -2.45. The molecule has 0 aliphatic rings. The Hall–Kier alpha value is -4.75. The predicted octanol–water partition coefficient (Wildman–Crippen LogP) is 4.45. The molecule has 0 heterocycles. The van der Waals surface area contributed by atoms with E-state index in [9.17, 15) is 14.4 Å². The van der Waals surface area contributed by atoms with Crippen LogP contribution < -0.4 is 16.1 Å². The van der Waals surface area contributed by atoms with Gasteiger partial charge in [0.25, 0.3) is 11.8 Å². The lowest BCUT2D eigenvalue weighted by molar-refractivity contribution is -0.118. The molecular formula is C29H25N3O4. The molecular weight excluding hydrogens is 454 g/mol. The van der Waals surface area contributed by atoms with Gasteiger partial charge in [0.05, 0.1) is 0 Å². The lowest BCUT2D eigenvalue weighted by Gasteiger charge is -2.19. The summed E-state index contributed by atoms with van der Waals surface area (Å²) in [6.07, 6.45) is 0.282. The summed E-state index contributed by atoms with van der Waals surface area (Å²) in [4.78, 5) is 37.6. The average molecular weight is 480 g/mol. The molecule has 4 aromatic carbocycles. The molecule has 0 aromatic heterocycles. The lowest BCUT2D eigenvalue weighted by atomic mass is 10.00. The number of hydroxylamine groups is 1. The van der Waals surface area contributed by atoms with Crippen molar-refractivity contribution in [1.29, 1.82) is 0 Å². The van der Waals surface area contributed by atoms with E-state index in [1.54, 1.807) is 41.9 Å². The minimum absolute atomic E-state index is 0.239. The zero-order chi connectivity index (χ0) is 25.3. The van der Waals surface area contributed by atoms with Crippen molar-refractivity contribution >= 4 is 23.4 Å². The molecule has 3 amide bonds. The van der Waals surface area contributed by atoms with E-state index in [1.165, 1.54) is 12.1 Å². The van der Waals surface area contributed by atoms with E-state index in [0.29, 0.717) is 11.3 Å². The minimum atomic E-state index is -0.847. The van der Waals surface area contributed by atoms with Crippen molar-refractivity contribution < 1.29 is 19.6 Å². The molecule has 0 fully saturated rings. The first kappa shape index (κ1) is 24.4. The SMILES string of the molecule is O=C(NO)c1ccc(NC(=O)C(Cc2ccc(-c3ccccc3)cc2)NC(=O)c2ccccc2)cc1. The van der Waals surface area contributed by atoms with Crippen LogP contribution in [-0.4, -0.2) is 29.0 Å². The van der Waals surface area contributed by atoms with Crippen molar-refractivity contribution in [3.8, 4) is 11.1 Å². The normalized spacial score (nSPS) is 11.2. The van der Waals surface area contributed by atoms with Gasteiger partial charge in [0, 0.05) is 23.2 Å². The third kappa shape index (κ3) is 6.22. The van der Waals surface area contributed by atoms with Crippen molar-refractivity contribution in [2.24, 2.45) is 0 Å². The molecule has 0 aliphatic carbocycles. The molecule has 0 saturated heterocycles. The third-order valence-corrected chi connectivity index (χ3v) is 5.67. The molecule has 180 valence electrons. The third-order valence-electron chi connectivity index (χ3n) is 5.67. The van der Waals surface area contributed by atoms with Gasteiger partial charge >= 0.3 is 0 Å². The van der Waals surface area contributed by atoms with Crippen LogP contribution in [0.25, 0.3) is 11.1 Å². The van der Waals surface area contributed by atoms with Gasteiger partial charge in [-0.2, -0.15) is 0 Å². The van der Waals surface area contributed by atoms with Crippen molar-refractivity contribution in [3.05, 3.63) is 126 Å². The van der Waals surface area contributed by atoms with E-state index in [2.05, 4.69) is 10.6 Å². The summed E-state index contributed by atoms with van der Waals surface area (Å²) < 4.78 is 0. The molecule has 7 nitrogen and oxygen atoms in total. The maximum absolute atomic E-state index is 13.2. The van der Waals surface area contributed by atoms with E-state index in [-0.39, 0.29) is 17.9 Å². The first-order chi connectivity index (χ1) is 17.5. The highest BCUT2D eigenvalue weighted by molar-refractivity contribution is 6.01. The largest absolute Gasteiger partial charge is 0.340 e. The molecule has 4 rings (SSSR count).